The number of rotatable bonds is 5. The fourth-order valence-electron chi connectivity index (χ4n) is 13.4. The van der Waals surface area contributed by atoms with Crippen molar-refractivity contribution >= 4 is 130 Å². The van der Waals surface area contributed by atoms with Gasteiger partial charge in [-0.25, -0.2) is 0 Å². The molecule has 0 saturated heterocycles. The molecule has 5 heterocycles. The molecule has 0 N–H and O–H groups in total. The van der Waals surface area contributed by atoms with Crippen molar-refractivity contribution in [1.82, 2.24) is 18.3 Å². The van der Waals surface area contributed by atoms with Crippen LogP contribution >= 0.6 is 11.3 Å². The molecular formula is C72H40N6S. The Bertz CT molecular complexity index is 5440. The van der Waals surface area contributed by atoms with Gasteiger partial charge >= 0.3 is 0 Å². The molecule has 0 amide bonds. The highest BCUT2D eigenvalue weighted by Crippen LogP contribution is 2.51. The fourth-order valence-corrected chi connectivity index (χ4v) is 14.7. The number of fused-ring (bicyclic) bond motifs is 17. The van der Waals surface area contributed by atoms with Crippen molar-refractivity contribution in [2.75, 3.05) is 0 Å². The van der Waals surface area contributed by atoms with E-state index in [0.29, 0.717) is 33.9 Å². The predicted molar refractivity (Wildman–Crippen MR) is 329 cm³/mol. The molecule has 0 saturated carbocycles. The highest BCUT2D eigenvalue weighted by atomic mass is 32.1. The van der Waals surface area contributed by atoms with E-state index in [9.17, 15) is 10.5 Å². The van der Waals surface area contributed by atoms with Crippen LogP contribution in [-0.4, -0.2) is 18.3 Å². The van der Waals surface area contributed by atoms with E-state index in [1.807, 2.05) is 0 Å². The van der Waals surface area contributed by atoms with E-state index in [1.54, 1.807) is 11.3 Å². The number of para-hydroxylation sites is 6. The number of nitrogens with zero attached hydrogens (tertiary/aromatic N) is 6. The van der Waals surface area contributed by atoms with Gasteiger partial charge in [-0.2, -0.15) is 10.5 Å². The molecule has 7 heteroatoms. The van der Waals surface area contributed by atoms with E-state index in [2.05, 4.69) is 273 Å². The monoisotopic (exact) mass is 1020 g/mol. The summed E-state index contributed by atoms with van der Waals surface area (Å²) in [5.41, 5.74) is 13.0. The topological polar surface area (TPSA) is 67.3 Å². The Morgan fingerprint density at radius 2 is 0.671 bits per heavy atom. The lowest BCUT2D eigenvalue weighted by Crippen LogP contribution is -2.16. The van der Waals surface area contributed by atoms with Crippen molar-refractivity contribution in [1.29, 1.82) is 10.5 Å². The van der Waals surface area contributed by atoms with Crippen LogP contribution in [0.2, 0.25) is 0 Å². The molecule has 0 bridgehead atoms. The molecule has 0 aliphatic carbocycles. The second kappa shape index (κ2) is 16.4. The van der Waals surface area contributed by atoms with E-state index in [4.69, 9.17) is 0 Å². The van der Waals surface area contributed by atoms with Crippen LogP contribution in [0.25, 0.3) is 152 Å². The van der Waals surface area contributed by atoms with Gasteiger partial charge in [-0.3, -0.25) is 0 Å². The summed E-state index contributed by atoms with van der Waals surface area (Å²) in [6, 6.07) is 91.9. The molecule has 79 heavy (non-hydrogen) atoms. The Morgan fingerprint density at radius 1 is 0.291 bits per heavy atom. The van der Waals surface area contributed by atoms with Gasteiger partial charge in [0, 0.05) is 58.6 Å². The van der Waals surface area contributed by atoms with E-state index in [0.717, 1.165) is 108 Å². The van der Waals surface area contributed by atoms with Gasteiger partial charge in [-0.05, 0) is 76.5 Å². The van der Waals surface area contributed by atoms with Gasteiger partial charge < -0.3 is 18.3 Å². The fraction of sp³-hybridized carbons (Fsp3) is 0. The summed E-state index contributed by atoms with van der Waals surface area (Å²) < 4.78 is 11.4. The molecule has 0 fully saturated rings. The molecular weight excluding hydrogens is 981 g/mol. The largest absolute Gasteiger partial charge is 0.306 e. The van der Waals surface area contributed by atoms with E-state index >= 15 is 0 Å². The zero-order valence-electron chi connectivity index (χ0n) is 42.2. The van der Waals surface area contributed by atoms with Crippen molar-refractivity contribution in [3.8, 4) is 46.0 Å². The lowest BCUT2D eigenvalue weighted by atomic mass is 9.97. The van der Waals surface area contributed by atoms with Crippen LogP contribution in [-0.2, 0) is 0 Å². The average Bonchev–Trinajstić information content (AvgIpc) is 3.56. The minimum absolute atomic E-state index is 0.425. The molecule has 364 valence electrons. The molecule has 0 radical (unpaired) electrons. The molecule has 5 aromatic heterocycles. The summed E-state index contributed by atoms with van der Waals surface area (Å²) in [5.74, 6) is 0. The van der Waals surface area contributed by atoms with Crippen LogP contribution in [0.3, 0.4) is 0 Å². The first-order chi connectivity index (χ1) is 39.2. The van der Waals surface area contributed by atoms with Gasteiger partial charge in [0.25, 0.3) is 0 Å². The van der Waals surface area contributed by atoms with Crippen molar-refractivity contribution in [3.05, 3.63) is 254 Å². The van der Waals surface area contributed by atoms with Crippen LogP contribution in [0, 0.1) is 22.7 Å². The first kappa shape index (κ1) is 43.5. The van der Waals surface area contributed by atoms with Crippen molar-refractivity contribution in [3.63, 3.8) is 0 Å². The zero-order chi connectivity index (χ0) is 52.0. The Hall–Kier alpha value is -10.7. The maximum atomic E-state index is 12.9. The second-order valence-electron chi connectivity index (χ2n) is 20.5. The molecule has 17 aromatic rings. The van der Waals surface area contributed by atoms with Crippen LogP contribution in [0.5, 0.6) is 0 Å². The molecule has 0 atom stereocenters. The lowest BCUT2D eigenvalue weighted by Gasteiger charge is -2.27. The molecule has 12 aromatic carbocycles. The molecule has 17 rings (SSSR count). The normalized spacial score (nSPS) is 12.0. The summed E-state index contributed by atoms with van der Waals surface area (Å²) in [5, 5.41) is 38.7. The minimum Gasteiger partial charge on any atom is -0.306 e. The first-order valence-corrected chi connectivity index (χ1v) is 27.4. The maximum Gasteiger partial charge on any atom is 0.104 e. The molecule has 6 nitrogen and oxygen atoms in total. The van der Waals surface area contributed by atoms with Gasteiger partial charge in [-0.15, -0.1) is 11.3 Å². The third-order valence-corrected chi connectivity index (χ3v) is 17.8. The van der Waals surface area contributed by atoms with Crippen molar-refractivity contribution < 1.29 is 0 Å². The number of hydrogen-bond donors (Lipinski definition) is 0. The summed E-state index contributed by atoms with van der Waals surface area (Å²) >= 11 is 1.77. The van der Waals surface area contributed by atoms with Gasteiger partial charge in [-0.1, -0.05) is 188 Å². The van der Waals surface area contributed by atoms with Gasteiger partial charge in [0.05, 0.1) is 71.6 Å². The Kier molecular flexibility index (Phi) is 9.04. The first-order valence-electron chi connectivity index (χ1n) is 26.6. The standard InChI is InChI=1S/C72H40N6S/c73-41-57-67(75-59-29-10-3-21-47(59)48-22-4-11-30-60(48)75)68(76-61-31-12-5-23-49(61)50-24-6-13-32-62(50)76)58(42-74)70(69(57)77-63-33-14-7-25-51(63)52-26-8-15-34-64(52)77)78-65-39-36-44(46-28-17-19-43-18-1-2-20-45(43)46)40-56(65)54-37-38-55-53-27-9-16-35-66(53)79-72(55)71(54)78/h1-40H. The van der Waals surface area contributed by atoms with Gasteiger partial charge in [0.1, 0.15) is 23.3 Å². The Morgan fingerprint density at radius 3 is 1.15 bits per heavy atom. The molecule has 0 aliphatic heterocycles. The van der Waals surface area contributed by atoms with Crippen LogP contribution in [0.1, 0.15) is 11.1 Å². The smallest absolute Gasteiger partial charge is 0.104 e. The maximum absolute atomic E-state index is 12.9. The minimum atomic E-state index is 0.425. The lowest BCUT2D eigenvalue weighted by molar-refractivity contribution is 1.03. The summed E-state index contributed by atoms with van der Waals surface area (Å²) in [7, 11) is 0. The van der Waals surface area contributed by atoms with Gasteiger partial charge in [0.15, 0.2) is 0 Å². The van der Waals surface area contributed by atoms with E-state index in [-0.39, 0.29) is 0 Å². The number of benzene rings is 12. The van der Waals surface area contributed by atoms with Crippen LogP contribution in [0.15, 0.2) is 243 Å². The third kappa shape index (κ3) is 5.86. The Balaban J connectivity index is 1.17. The van der Waals surface area contributed by atoms with Crippen molar-refractivity contribution in [2.24, 2.45) is 0 Å². The molecule has 0 unspecified atom stereocenters. The highest BCUT2D eigenvalue weighted by molar-refractivity contribution is 7.26. The van der Waals surface area contributed by atoms with Gasteiger partial charge in [0.2, 0.25) is 0 Å². The van der Waals surface area contributed by atoms with E-state index < -0.39 is 0 Å². The molecule has 0 aliphatic rings. The summed E-state index contributed by atoms with van der Waals surface area (Å²) in [4.78, 5) is 0. The van der Waals surface area contributed by atoms with Crippen molar-refractivity contribution in [2.45, 2.75) is 0 Å². The van der Waals surface area contributed by atoms with Crippen LogP contribution in [0.4, 0.5) is 0 Å². The summed E-state index contributed by atoms with van der Waals surface area (Å²) in [6.07, 6.45) is 0. The highest BCUT2D eigenvalue weighted by Gasteiger charge is 2.35. The second-order valence-corrected chi connectivity index (χ2v) is 21.6. The van der Waals surface area contributed by atoms with Crippen LogP contribution < -0.4 is 0 Å². The Labute approximate surface area is 455 Å². The average molecular weight is 1020 g/mol. The SMILES string of the molecule is N#Cc1c(-n2c3ccccc3c3ccccc32)c(-n2c3ccccc3c3ccccc32)c(C#N)c(-n2c3ccc(-c4cccc5ccccc45)cc3c3ccc4c5ccccc5sc4c32)c1-n1c2ccccc2c2ccccc21. The number of hydrogen-bond acceptors (Lipinski definition) is 3. The number of aromatic nitrogens is 4. The third-order valence-electron chi connectivity index (χ3n) is 16.6. The predicted octanol–water partition coefficient (Wildman–Crippen LogP) is 19.0. The molecule has 0 spiro atoms. The number of nitriles is 2. The number of thiophene rings is 1. The van der Waals surface area contributed by atoms with E-state index in [1.165, 1.54) is 20.9 Å². The zero-order valence-corrected chi connectivity index (χ0v) is 43.0. The quantitative estimate of drug-likeness (QED) is 0.172. The summed E-state index contributed by atoms with van der Waals surface area (Å²) in [6.45, 7) is 0.